The van der Waals surface area contributed by atoms with Crippen LogP contribution in [0.15, 0.2) is 0 Å². The number of carbonyl (C=O) groups is 1. The topological polar surface area (TPSA) is 63.3 Å². The number of nitrogens with two attached hydrogens (primary N) is 1. The molecule has 0 aliphatic rings. The van der Waals surface area contributed by atoms with Crippen LogP contribution >= 0.6 is 0 Å². The molecule has 0 aromatic carbocycles. The summed E-state index contributed by atoms with van der Waals surface area (Å²) in [5, 5.41) is 7.60. The van der Waals surface area contributed by atoms with E-state index in [1.165, 1.54) is 0 Å². The van der Waals surface area contributed by atoms with Crippen molar-refractivity contribution in [3.8, 4) is 0 Å². The Morgan fingerprint density at radius 1 is 2.00 bits per heavy atom. The molecule has 0 fully saturated rings. The molecule has 0 radical (unpaired) electrons. The van der Waals surface area contributed by atoms with Crippen molar-refractivity contribution >= 4 is 5.97 Å². The van der Waals surface area contributed by atoms with Gasteiger partial charge in [0.15, 0.2) is 0 Å². The lowest BCUT2D eigenvalue weighted by atomic mass is 10.7. The summed E-state index contributed by atoms with van der Waals surface area (Å²) >= 11 is 0. The second kappa shape index (κ2) is 1.72. The molecule has 3 heteroatoms. The van der Waals surface area contributed by atoms with E-state index in [0.717, 1.165) is 0 Å². The van der Waals surface area contributed by atoms with Gasteiger partial charge in [-0.25, -0.2) is 0 Å². The van der Waals surface area contributed by atoms with Crippen molar-refractivity contribution in [1.82, 2.24) is 0 Å². The Balaban J connectivity index is 2.85. The predicted octanol–water partition coefficient (Wildman–Crippen LogP) is -0.970. The minimum absolute atomic E-state index is 0.278. The molecule has 0 aromatic heterocycles. The highest BCUT2D eigenvalue weighted by Crippen LogP contribution is 1.43. The van der Waals surface area contributed by atoms with Gasteiger partial charge >= 0.3 is 5.97 Å². The van der Waals surface area contributed by atoms with E-state index < -0.39 is 5.97 Å². The lowest BCUT2D eigenvalue weighted by Gasteiger charge is -1.73. The van der Waals surface area contributed by atoms with E-state index in [0.29, 0.717) is 0 Å². The summed E-state index contributed by atoms with van der Waals surface area (Å²) in [5.74, 6) is -0.968. The second-order valence-electron chi connectivity index (χ2n) is 0.598. The highest BCUT2D eigenvalue weighted by Gasteiger charge is 1.81. The largest absolute Gasteiger partial charge is 0.480 e. The first-order valence-electron chi connectivity index (χ1n) is 1.19. The summed E-state index contributed by atoms with van der Waals surface area (Å²) < 4.78 is 0. The van der Waals surface area contributed by atoms with Crippen LogP contribution in [-0.4, -0.2) is 17.6 Å². The molecular formula is C2H5NO2. The summed E-state index contributed by atoms with van der Waals surface area (Å²) in [5.41, 5.74) is 4.57. The van der Waals surface area contributed by atoms with E-state index in [4.69, 9.17) is 5.11 Å². The summed E-state index contributed by atoms with van der Waals surface area (Å²) in [4.78, 5) is 9.24. The van der Waals surface area contributed by atoms with Crippen LogP contribution < -0.4 is 5.73 Å². The molecule has 0 aliphatic carbocycles. The molecule has 0 rings (SSSR count). The first kappa shape index (κ1) is 4.43. The van der Waals surface area contributed by atoms with Gasteiger partial charge in [0.05, 0.1) is 6.54 Å². The molecule has 0 heterocycles. The second-order valence-corrected chi connectivity index (χ2v) is 0.598. The molecule has 0 atom stereocenters. The molecule has 0 saturated carbocycles. The van der Waals surface area contributed by atoms with Gasteiger partial charge < -0.3 is 10.8 Å². The van der Waals surface area contributed by atoms with E-state index in [2.05, 4.69) is 5.73 Å². The van der Waals surface area contributed by atoms with E-state index in [-0.39, 0.29) is 6.54 Å². The summed E-state index contributed by atoms with van der Waals surface area (Å²) in [7, 11) is 0. The van der Waals surface area contributed by atoms with Crippen molar-refractivity contribution in [3.05, 3.63) is 0 Å². The third-order valence-electron chi connectivity index (χ3n) is 0.175. The van der Waals surface area contributed by atoms with Gasteiger partial charge in [0.1, 0.15) is 0 Å². The van der Waals surface area contributed by atoms with Crippen LogP contribution in [0.25, 0.3) is 0 Å². The van der Waals surface area contributed by atoms with Crippen molar-refractivity contribution < 1.29 is 9.90 Å². The number of hydrogen-bond donors (Lipinski definition) is 2. The zero-order chi connectivity index (χ0) is 4.28. The normalized spacial score (nSPS) is 7.40. The molecule has 30 valence electrons. The van der Waals surface area contributed by atoms with Gasteiger partial charge in [-0.05, 0) is 0 Å². The highest BCUT2D eigenvalue weighted by molar-refractivity contribution is 5.68. The summed E-state index contributed by atoms with van der Waals surface area (Å²) in [6.45, 7) is -0.278. The molecule has 5 heavy (non-hydrogen) atoms. The smallest absolute Gasteiger partial charge is 0.317 e. The summed E-state index contributed by atoms with van der Waals surface area (Å²) in [6.07, 6.45) is 0. The Bertz CT molecular complexity index is 42.9. The van der Waals surface area contributed by atoms with Crippen LogP contribution in [0, 0.1) is 0 Å². The maximum atomic E-state index is 9.24. The highest BCUT2D eigenvalue weighted by atomic mass is 16.4. The van der Waals surface area contributed by atoms with Crippen LogP contribution in [0.4, 0.5) is 0 Å². The van der Waals surface area contributed by atoms with E-state index >= 15 is 0 Å². The van der Waals surface area contributed by atoms with Crippen LogP contribution in [0.5, 0.6) is 0 Å². The van der Waals surface area contributed by atoms with Crippen molar-refractivity contribution in [2.45, 2.75) is 0 Å². The number of rotatable bonds is 1. The van der Waals surface area contributed by atoms with Crippen molar-refractivity contribution in [3.63, 3.8) is 0 Å². The van der Waals surface area contributed by atoms with Gasteiger partial charge in [0.2, 0.25) is 0 Å². The Kier molecular flexibility index (Phi) is 1.53. The number of aliphatic carboxylic acids is 1. The Morgan fingerprint density at radius 3 is 2.20 bits per heavy atom. The Hall–Kier alpha value is -0.570. The van der Waals surface area contributed by atoms with E-state index in [9.17, 15) is 4.79 Å². The average Bonchev–Trinajstić information content (AvgIpc) is 1.38. The third kappa shape index (κ3) is 3.43. The predicted molar refractivity (Wildman–Crippen MR) is 16.7 cm³/mol. The molecule has 0 unspecified atom stereocenters. The summed E-state index contributed by atoms with van der Waals surface area (Å²) in [6, 6.07) is 0. The molecule has 0 aliphatic heterocycles. The molecule has 0 amide bonds. The third-order valence-corrected chi connectivity index (χ3v) is 0.175. The molecule has 0 saturated heterocycles. The quantitative estimate of drug-likeness (QED) is 0.421. The maximum absolute atomic E-state index is 9.24. The van der Waals surface area contributed by atoms with Crippen LogP contribution in [0.2, 0.25) is 0 Å². The van der Waals surface area contributed by atoms with Gasteiger partial charge in [-0.3, -0.25) is 4.79 Å². The van der Waals surface area contributed by atoms with Crippen LogP contribution in [-0.2, 0) is 4.79 Å². The Labute approximate surface area is 29.4 Å². The fraction of sp³-hybridized carbons (Fsp3) is 0.500. The minimum atomic E-state index is -0.968. The standard InChI is InChI=1S/C2H5NO2/c3-1-2(4)5/h1,3H2,(H,4,5)/i2+0. The zero-order valence-corrected chi connectivity index (χ0v) is 2.64. The Morgan fingerprint density at radius 2 is 2.20 bits per heavy atom. The average molecular weight is 75.1 g/mol. The van der Waals surface area contributed by atoms with Crippen molar-refractivity contribution in [2.24, 2.45) is 5.73 Å². The fourth-order valence-corrected chi connectivity index (χ4v) is 0. The lowest BCUT2D eigenvalue weighted by molar-refractivity contribution is -0.135. The zero-order valence-electron chi connectivity index (χ0n) is 2.64. The van der Waals surface area contributed by atoms with E-state index in [1.807, 2.05) is 0 Å². The van der Waals surface area contributed by atoms with Gasteiger partial charge in [-0.15, -0.1) is 0 Å². The molecule has 0 aromatic rings. The van der Waals surface area contributed by atoms with Gasteiger partial charge in [-0.1, -0.05) is 0 Å². The van der Waals surface area contributed by atoms with Crippen LogP contribution in [0.1, 0.15) is 0 Å². The molecule has 0 spiro atoms. The number of carboxylic acid groups (broad SMARTS) is 1. The first-order valence-corrected chi connectivity index (χ1v) is 1.19. The van der Waals surface area contributed by atoms with Crippen molar-refractivity contribution in [2.75, 3.05) is 6.54 Å². The SMILES string of the molecule is NC[12C](=O)O. The molecule has 3 N–H and O–H groups in total. The lowest BCUT2D eigenvalue weighted by Crippen LogP contribution is -2.10. The number of carboxylic acids is 1. The number of hydrogen-bond acceptors (Lipinski definition) is 2. The van der Waals surface area contributed by atoms with Gasteiger partial charge in [0.25, 0.3) is 0 Å². The van der Waals surface area contributed by atoms with Gasteiger partial charge in [-0.2, -0.15) is 0 Å². The van der Waals surface area contributed by atoms with E-state index in [1.54, 1.807) is 0 Å². The maximum Gasteiger partial charge on any atom is 0.317 e. The van der Waals surface area contributed by atoms with Gasteiger partial charge in [0, 0.05) is 0 Å². The molecule has 3 nitrogen and oxygen atoms in total. The monoisotopic (exact) mass is 75.0 g/mol. The molecule has 0 bridgehead atoms. The van der Waals surface area contributed by atoms with Crippen molar-refractivity contribution in [1.29, 1.82) is 0 Å². The minimum Gasteiger partial charge on any atom is -0.480 e. The van der Waals surface area contributed by atoms with Crippen LogP contribution in [0.3, 0.4) is 0 Å². The molecular weight excluding hydrogens is 70.0 g/mol. The fourth-order valence-electron chi connectivity index (χ4n) is 0. The first-order chi connectivity index (χ1) is 2.27.